The van der Waals surface area contributed by atoms with Crippen LogP contribution in [0.1, 0.15) is 17.8 Å². The SMILES string of the molecule is COc1ccc(-c2n[nH]c(=S)n2CC(=O)N[C@H](C)c2cccs2)cc1. The number of hydrogen-bond acceptors (Lipinski definition) is 5. The van der Waals surface area contributed by atoms with Gasteiger partial charge in [0.2, 0.25) is 5.91 Å². The van der Waals surface area contributed by atoms with Gasteiger partial charge in [0.05, 0.1) is 13.2 Å². The van der Waals surface area contributed by atoms with Crippen LogP contribution in [-0.4, -0.2) is 27.8 Å². The van der Waals surface area contributed by atoms with E-state index in [2.05, 4.69) is 15.5 Å². The van der Waals surface area contributed by atoms with Crippen LogP contribution in [0.2, 0.25) is 0 Å². The molecule has 2 aromatic heterocycles. The van der Waals surface area contributed by atoms with Gasteiger partial charge in [-0.05, 0) is 54.9 Å². The zero-order chi connectivity index (χ0) is 17.8. The van der Waals surface area contributed by atoms with Gasteiger partial charge >= 0.3 is 0 Å². The average Bonchev–Trinajstić information content (AvgIpc) is 3.26. The van der Waals surface area contributed by atoms with Gasteiger partial charge in [0.25, 0.3) is 0 Å². The molecule has 0 aliphatic rings. The summed E-state index contributed by atoms with van der Waals surface area (Å²) in [6.07, 6.45) is 0. The second-order valence-corrected chi connectivity index (χ2v) is 6.84. The highest BCUT2D eigenvalue weighted by molar-refractivity contribution is 7.71. The third-order valence-corrected chi connectivity index (χ3v) is 5.12. The van der Waals surface area contributed by atoms with Crippen LogP contribution in [0.4, 0.5) is 0 Å². The van der Waals surface area contributed by atoms with E-state index in [0.29, 0.717) is 10.6 Å². The highest BCUT2D eigenvalue weighted by Gasteiger charge is 2.15. The largest absolute Gasteiger partial charge is 0.497 e. The summed E-state index contributed by atoms with van der Waals surface area (Å²) in [4.78, 5) is 13.5. The van der Waals surface area contributed by atoms with E-state index in [1.165, 1.54) is 0 Å². The minimum absolute atomic E-state index is 0.0435. The molecule has 1 aromatic carbocycles. The summed E-state index contributed by atoms with van der Waals surface area (Å²) in [5.41, 5.74) is 0.854. The van der Waals surface area contributed by atoms with Gasteiger partial charge in [0.15, 0.2) is 10.6 Å². The van der Waals surface area contributed by atoms with E-state index in [9.17, 15) is 4.79 Å². The maximum Gasteiger partial charge on any atom is 0.240 e. The van der Waals surface area contributed by atoms with Crippen molar-refractivity contribution in [3.63, 3.8) is 0 Å². The maximum atomic E-state index is 12.4. The second-order valence-electron chi connectivity index (χ2n) is 5.47. The number of nitrogens with zero attached hydrogens (tertiary/aromatic N) is 2. The summed E-state index contributed by atoms with van der Waals surface area (Å²) in [6.45, 7) is 2.06. The van der Waals surface area contributed by atoms with Crippen LogP contribution in [-0.2, 0) is 11.3 Å². The summed E-state index contributed by atoms with van der Waals surface area (Å²) in [7, 11) is 1.62. The lowest BCUT2D eigenvalue weighted by Gasteiger charge is -2.13. The van der Waals surface area contributed by atoms with Crippen molar-refractivity contribution >= 4 is 29.5 Å². The van der Waals surface area contributed by atoms with Gasteiger partial charge in [0.1, 0.15) is 12.3 Å². The first-order chi connectivity index (χ1) is 12.1. The molecule has 130 valence electrons. The Balaban J connectivity index is 1.77. The van der Waals surface area contributed by atoms with Crippen LogP contribution < -0.4 is 10.1 Å². The molecule has 2 heterocycles. The molecule has 0 spiro atoms. The lowest BCUT2D eigenvalue weighted by Crippen LogP contribution is -2.30. The van der Waals surface area contributed by atoms with Crippen LogP contribution in [0.25, 0.3) is 11.4 Å². The van der Waals surface area contributed by atoms with Crippen molar-refractivity contribution in [3.05, 3.63) is 51.4 Å². The number of hydrogen-bond donors (Lipinski definition) is 2. The first-order valence-corrected chi connectivity index (χ1v) is 8.99. The number of methoxy groups -OCH3 is 1. The molecule has 8 heteroatoms. The molecular formula is C17H18N4O2S2. The number of rotatable bonds is 6. The van der Waals surface area contributed by atoms with E-state index >= 15 is 0 Å². The molecule has 1 atom stereocenters. The van der Waals surface area contributed by atoms with Gasteiger partial charge in [-0.15, -0.1) is 11.3 Å². The lowest BCUT2D eigenvalue weighted by molar-refractivity contribution is -0.122. The van der Waals surface area contributed by atoms with Gasteiger partial charge in [-0.3, -0.25) is 14.5 Å². The van der Waals surface area contributed by atoms with Crippen molar-refractivity contribution in [1.82, 2.24) is 20.1 Å². The number of benzene rings is 1. The van der Waals surface area contributed by atoms with Crippen LogP contribution in [0.5, 0.6) is 5.75 Å². The van der Waals surface area contributed by atoms with E-state index in [-0.39, 0.29) is 18.5 Å². The Morgan fingerprint density at radius 1 is 1.40 bits per heavy atom. The van der Waals surface area contributed by atoms with Crippen LogP contribution in [0, 0.1) is 4.77 Å². The summed E-state index contributed by atoms with van der Waals surface area (Å²) >= 11 is 6.89. The van der Waals surface area contributed by atoms with E-state index in [1.807, 2.05) is 48.7 Å². The molecule has 0 saturated heterocycles. The predicted molar refractivity (Wildman–Crippen MR) is 100 cm³/mol. The van der Waals surface area contributed by atoms with Crippen molar-refractivity contribution in [2.75, 3.05) is 7.11 Å². The van der Waals surface area contributed by atoms with Gasteiger partial charge in [0, 0.05) is 10.4 Å². The number of thiophene rings is 1. The first-order valence-electron chi connectivity index (χ1n) is 7.71. The van der Waals surface area contributed by atoms with Crippen molar-refractivity contribution in [3.8, 4) is 17.1 Å². The van der Waals surface area contributed by atoms with Gasteiger partial charge in [-0.1, -0.05) is 6.07 Å². The molecule has 3 aromatic rings. The van der Waals surface area contributed by atoms with E-state index in [0.717, 1.165) is 16.2 Å². The minimum Gasteiger partial charge on any atom is -0.497 e. The molecule has 2 N–H and O–H groups in total. The zero-order valence-electron chi connectivity index (χ0n) is 13.9. The highest BCUT2D eigenvalue weighted by atomic mass is 32.1. The Morgan fingerprint density at radius 3 is 2.80 bits per heavy atom. The van der Waals surface area contributed by atoms with Gasteiger partial charge in [-0.25, -0.2) is 0 Å². The number of carbonyl (C=O) groups is 1. The zero-order valence-corrected chi connectivity index (χ0v) is 15.5. The number of nitrogens with one attached hydrogen (secondary N) is 2. The Bertz CT molecular complexity index is 898. The Hall–Kier alpha value is -2.45. The third kappa shape index (κ3) is 3.97. The molecule has 0 saturated carbocycles. The quantitative estimate of drug-likeness (QED) is 0.647. The number of carbonyl (C=O) groups excluding carboxylic acids is 1. The number of ether oxygens (including phenoxy) is 1. The molecule has 1 amide bonds. The number of aromatic amines is 1. The highest BCUT2D eigenvalue weighted by Crippen LogP contribution is 2.21. The summed E-state index contributed by atoms with van der Waals surface area (Å²) in [5, 5.41) is 12.0. The van der Waals surface area contributed by atoms with Crippen LogP contribution in [0.3, 0.4) is 0 Å². The van der Waals surface area contributed by atoms with Crippen LogP contribution in [0.15, 0.2) is 41.8 Å². The predicted octanol–water partition coefficient (Wildman–Crippen LogP) is 3.56. The molecule has 0 bridgehead atoms. The topological polar surface area (TPSA) is 71.9 Å². The molecule has 0 aliphatic carbocycles. The van der Waals surface area contributed by atoms with Crippen molar-refractivity contribution in [2.24, 2.45) is 0 Å². The minimum atomic E-state index is -0.117. The summed E-state index contributed by atoms with van der Waals surface area (Å²) in [6, 6.07) is 11.4. The smallest absolute Gasteiger partial charge is 0.240 e. The number of amides is 1. The van der Waals surface area contributed by atoms with Crippen molar-refractivity contribution in [1.29, 1.82) is 0 Å². The molecule has 0 unspecified atom stereocenters. The Kier molecular flexibility index (Phi) is 5.30. The van der Waals surface area contributed by atoms with Crippen molar-refractivity contribution < 1.29 is 9.53 Å². The standard InChI is InChI=1S/C17H18N4O2S2/c1-11(14-4-3-9-25-14)18-15(22)10-21-16(19-20-17(21)24)12-5-7-13(23-2)8-6-12/h3-9,11H,10H2,1-2H3,(H,18,22)(H,20,24)/t11-/m1/s1. The Labute approximate surface area is 154 Å². The fourth-order valence-electron chi connectivity index (χ4n) is 2.46. The fourth-order valence-corrected chi connectivity index (χ4v) is 3.40. The third-order valence-electron chi connectivity index (χ3n) is 3.76. The average molecular weight is 374 g/mol. The van der Waals surface area contributed by atoms with E-state index in [4.69, 9.17) is 17.0 Å². The summed E-state index contributed by atoms with van der Waals surface area (Å²) in [5.74, 6) is 1.26. The molecule has 0 fully saturated rings. The van der Waals surface area contributed by atoms with Crippen molar-refractivity contribution in [2.45, 2.75) is 19.5 Å². The molecule has 3 rings (SSSR count). The molecule has 0 radical (unpaired) electrons. The molecule has 0 aliphatic heterocycles. The second kappa shape index (κ2) is 7.62. The van der Waals surface area contributed by atoms with E-state index < -0.39 is 0 Å². The normalized spacial score (nSPS) is 11.9. The van der Waals surface area contributed by atoms with E-state index in [1.54, 1.807) is 23.0 Å². The lowest BCUT2D eigenvalue weighted by atomic mass is 10.2. The van der Waals surface area contributed by atoms with Gasteiger partial charge < -0.3 is 10.1 Å². The molecule has 25 heavy (non-hydrogen) atoms. The Morgan fingerprint density at radius 2 is 2.16 bits per heavy atom. The number of H-pyrrole nitrogens is 1. The first kappa shape index (κ1) is 17.4. The van der Waals surface area contributed by atoms with Crippen LogP contribution >= 0.6 is 23.6 Å². The molecular weight excluding hydrogens is 356 g/mol. The van der Waals surface area contributed by atoms with Gasteiger partial charge in [-0.2, -0.15) is 5.10 Å². The number of aromatic nitrogens is 3. The maximum absolute atomic E-state index is 12.4. The summed E-state index contributed by atoms with van der Waals surface area (Å²) < 4.78 is 7.26. The monoisotopic (exact) mass is 374 g/mol. The fraction of sp³-hybridized carbons (Fsp3) is 0.235. The molecule has 6 nitrogen and oxygen atoms in total.